The number of rotatable bonds is 1. The second kappa shape index (κ2) is 6.43. The molecule has 0 unspecified atom stereocenters. The fraction of sp³-hybridized carbons (Fsp3) is 0. The first kappa shape index (κ1) is 17.5. The van der Waals surface area contributed by atoms with Crippen molar-refractivity contribution in [1.82, 2.24) is 4.40 Å². The van der Waals surface area contributed by atoms with E-state index in [2.05, 4.69) is 117 Å². The molecule has 0 radical (unpaired) electrons. The zero-order valence-corrected chi connectivity index (χ0v) is 18.9. The third-order valence-electron chi connectivity index (χ3n) is 6.22. The lowest BCUT2D eigenvalue weighted by Gasteiger charge is -2.09. The third-order valence-corrected chi connectivity index (χ3v) is 7.87. The van der Waals surface area contributed by atoms with Crippen LogP contribution in [0.3, 0.4) is 0 Å². The largest absolute Gasteiger partial charge is 0.299 e. The van der Waals surface area contributed by atoms with Gasteiger partial charge >= 0.3 is 0 Å². The summed E-state index contributed by atoms with van der Waals surface area (Å²) in [5.74, 6) is 0. The second-order valence-corrected chi connectivity index (χ2v) is 9.86. The van der Waals surface area contributed by atoms with Crippen molar-refractivity contribution < 1.29 is 0 Å². The van der Waals surface area contributed by atoms with E-state index >= 15 is 0 Å². The van der Waals surface area contributed by atoms with Crippen LogP contribution in [0.4, 0.5) is 0 Å². The smallest absolute Gasteiger partial charge is 0.109 e. The van der Waals surface area contributed by atoms with Crippen LogP contribution in [0.15, 0.2) is 102 Å². The van der Waals surface area contributed by atoms with Gasteiger partial charge in [0, 0.05) is 36.3 Å². The van der Waals surface area contributed by atoms with Gasteiger partial charge in [-0.05, 0) is 35.2 Å². The van der Waals surface area contributed by atoms with Crippen LogP contribution in [0.2, 0.25) is 0 Å². The Morgan fingerprint density at radius 1 is 0.645 bits per heavy atom. The Bertz CT molecular complexity index is 1790. The van der Waals surface area contributed by atoms with E-state index in [9.17, 15) is 0 Å². The molecule has 7 rings (SSSR count). The van der Waals surface area contributed by atoms with Crippen LogP contribution >= 0.6 is 27.3 Å². The van der Waals surface area contributed by atoms with Gasteiger partial charge in [-0.15, -0.1) is 11.3 Å². The Balaban J connectivity index is 1.89. The Hall–Kier alpha value is -3.14. The molecule has 7 aromatic rings. The Morgan fingerprint density at radius 3 is 2.26 bits per heavy atom. The molecule has 0 saturated carbocycles. The summed E-state index contributed by atoms with van der Waals surface area (Å²) in [6.07, 6.45) is 0. The number of pyridine rings is 1. The summed E-state index contributed by atoms with van der Waals surface area (Å²) >= 11 is 5.63. The number of hydrogen-bond donors (Lipinski definition) is 0. The van der Waals surface area contributed by atoms with E-state index in [4.69, 9.17) is 0 Å². The molecule has 0 amide bonds. The minimum atomic E-state index is 1.10. The standard InChI is InChI=1S/C28H16BrNS/c29-18-14-15-19-22(16-18)27-25(17-8-2-1-3-9-17)20-10-4-6-12-23(20)30(27)28-26(19)21-11-5-7-13-24(21)31-28/h1-16H. The van der Waals surface area contributed by atoms with Crippen molar-refractivity contribution in [2.45, 2.75) is 0 Å². The molecule has 0 saturated heterocycles. The highest BCUT2D eigenvalue weighted by Gasteiger charge is 2.21. The van der Waals surface area contributed by atoms with Crippen LogP contribution in [0.1, 0.15) is 0 Å². The summed E-state index contributed by atoms with van der Waals surface area (Å²) in [7, 11) is 0. The molecule has 0 aliphatic heterocycles. The monoisotopic (exact) mass is 477 g/mol. The average molecular weight is 478 g/mol. The maximum atomic E-state index is 3.74. The number of thiophene rings is 1. The summed E-state index contributed by atoms with van der Waals surface area (Å²) in [6, 6.07) is 35.1. The number of benzene rings is 4. The lowest BCUT2D eigenvalue weighted by atomic mass is 9.99. The maximum absolute atomic E-state index is 3.74. The van der Waals surface area contributed by atoms with Gasteiger partial charge in [0.25, 0.3) is 0 Å². The molecule has 0 N–H and O–H groups in total. The van der Waals surface area contributed by atoms with Crippen molar-refractivity contribution in [3.8, 4) is 11.1 Å². The zero-order chi connectivity index (χ0) is 20.5. The van der Waals surface area contributed by atoms with E-state index in [1.54, 1.807) is 0 Å². The summed E-state index contributed by atoms with van der Waals surface area (Å²) in [4.78, 5) is 1.31. The molecule has 1 nitrogen and oxygen atoms in total. The fourth-order valence-corrected chi connectivity index (χ4v) is 6.58. The summed E-state index contributed by atoms with van der Waals surface area (Å²) < 4.78 is 4.92. The third kappa shape index (κ3) is 2.36. The van der Waals surface area contributed by atoms with Crippen molar-refractivity contribution >= 4 is 74.8 Å². The first-order valence-electron chi connectivity index (χ1n) is 10.3. The highest BCUT2D eigenvalue weighted by molar-refractivity contribution is 9.10. The minimum absolute atomic E-state index is 1.10. The van der Waals surface area contributed by atoms with Gasteiger partial charge in [0.1, 0.15) is 4.83 Å². The minimum Gasteiger partial charge on any atom is -0.299 e. The molecule has 0 bridgehead atoms. The molecule has 146 valence electrons. The van der Waals surface area contributed by atoms with Gasteiger partial charge < -0.3 is 0 Å². The molecule has 3 aromatic heterocycles. The highest BCUT2D eigenvalue weighted by atomic mass is 79.9. The summed E-state index contributed by atoms with van der Waals surface area (Å²) in [5.41, 5.74) is 5.10. The van der Waals surface area contributed by atoms with Crippen LogP contribution < -0.4 is 0 Å². The number of para-hydroxylation sites is 1. The van der Waals surface area contributed by atoms with Crippen LogP contribution in [-0.4, -0.2) is 4.40 Å². The van der Waals surface area contributed by atoms with E-state index in [-0.39, 0.29) is 0 Å². The van der Waals surface area contributed by atoms with Crippen LogP contribution in [-0.2, 0) is 0 Å². The number of aromatic nitrogens is 1. The molecule has 0 aliphatic rings. The highest BCUT2D eigenvalue weighted by Crippen LogP contribution is 2.46. The number of hydrogen-bond acceptors (Lipinski definition) is 1. The Labute approximate surface area is 191 Å². The van der Waals surface area contributed by atoms with Gasteiger partial charge in [0.2, 0.25) is 0 Å². The van der Waals surface area contributed by atoms with E-state index in [0.29, 0.717) is 0 Å². The molecule has 0 aliphatic carbocycles. The van der Waals surface area contributed by atoms with Gasteiger partial charge in [-0.2, -0.15) is 0 Å². The molecule has 3 heteroatoms. The van der Waals surface area contributed by atoms with Gasteiger partial charge in [0.15, 0.2) is 0 Å². The van der Waals surface area contributed by atoms with Crippen molar-refractivity contribution in [2.75, 3.05) is 0 Å². The SMILES string of the molecule is Brc1ccc2c(c1)c1c(-c3ccccc3)c3ccccc3n1c1sc3ccccc3c21. The topological polar surface area (TPSA) is 4.41 Å². The molecule has 31 heavy (non-hydrogen) atoms. The predicted octanol–water partition coefficient (Wildman–Crippen LogP) is 9.04. The summed E-state index contributed by atoms with van der Waals surface area (Å²) in [6.45, 7) is 0. The first-order valence-corrected chi connectivity index (χ1v) is 11.9. The average Bonchev–Trinajstić information content (AvgIpc) is 3.36. The van der Waals surface area contributed by atoms with E-state index < -0.39 is 0 Å². The van der Waals surface area contributed by atoms with Gasteiger partial charge in [-0.25, -0.2) is 0 Å². The predicted molar refractivity (Wildman–Crippen MR) is 138 cm³/mol. The molecule has 0 fully saturated rings. The molecular formula is C28H16BrNS. The molecule has 0 spiro atoms. The second-order valence-electron chi connectivity index (χ2n) is 7.91. The van der Waals surface area contributed by atoms with Crippen molar-refractivity contribution in [2.24, 2.45) is 0 Å². The number of fused-ring (bicyclic) bond motifs is 10. The van der Waals surface area contributed by atoms with Gasteiger partial charge in [-0.1, -0.05) is 88.7 Å². The van der Waals surface area contributed by atoms with Gasteiger partial charge in [0.05, 0.1) is 11.0 Å². The number of nitrogens with zero attached hydrogens (tertiary/aromatic N) is 1. The Kier molecular flexibility index (Phi) is 3.64. The molecule has 0 atom stereocenters. The van der Waals surface area contributed by atoms with Crippen LogP contribution in [0.5, 0.6) is 0 Å². The zero-order valence-electron chi connectivity index (χ0n) is 16.5. The maximum Gasteiger partial charge on any atom is 0.109 e. The normalized spacial score (nSPS) is 12.0. The summed E-state index contributed by atoms with van der Waals surface area (Å²) in [5, 5.41) is 6.55. The van der Waals surface area contributed by atoms with Crippen molar-refractivity contribution in [1.29, 1.82) is 0 Å². The Morgan fingerprint density at radius 2 is 1.39 bits per heavy atom. The first-order chi connectivity index (χ1) is 15.3. The molecule has 4 aromatic carbocycles. The van der Waals surface area contributed by atoms with Crippen LogP contribution in [0.25, 0.3) is 58.6 Å². The molecular weight excluding hydrogens is 462 g/mol. The van der Waals surface area contributed by atoms with Crippen molar-refractivity contribution in [3.63, 3.8) is 0 Å². The number of halogens is 1. The van der Waals surface area contributed by atoms with E-state index in [1.165, 1.54) is 58.6 Å². The van der Waals surface area contributed by atoms with E-state index in [1.807, 2.05) is 11.3 Å². The van der Waals surface area contributed by atoms with E-state index in [0.717, 1.165) is 4.47 Å². The van der Waals surface area contributed by atoms with Crippen LogP contribution in [0, 0.1) is 0 Å². The lowest BCUT2D eigenvalue weighted by molar-refractivity contribution is 1.37. The van der Waals surface area contributed by atoms with Crippen molar-refractivity contribution in [3.05, 3.63) is 102 Å². The molecule has 3 heterocycles. The quantitative estimate of drug-likeness (QED) is 0.222. The van der Waals surface area contributed by atoms with Gasteiger partial charge in [-0.3, -0.25) is 4.40 Å². The lowest BCUT2D eigenvalue weighted by Crippen LogP contribution is -1.89. The fourth-order valence-electron chi connectivity index (χ4n) is 4.98.